The Labute approximate surface area is 144 Å². The number of halogens is 2. The monoisotopic (exact) mass is 351 g/mol. The molecule has 7 heteroatoms. The first-order valence-electron chi connectivity index (χ1n) is 7.86. The third kappa shape index (κ3) is 4.51. The van der Waals surface area contributed by atoms with Crippen LogP contribution < -0.4 is 24.3 Å². The minimum Gasteiger partial charge on any atom is -0.493 e. The number of alkyl halides is 2. The zero-order valence-corrected chi connectivity index (χ0v) is 13.7. The average molecular weight is 351 g/mol. The summed E-state index contributed by atoms with van der Waals surface area (Å²) in [6, 6.07) is 12.4. The molecule has 0 radical (unpaired) electrons. The normalized spacial score (nSPS) is 15.9. The molecule has 3 rings (SSSR count). The number of hydrogen-bond donors (Lipinski definition) is 1. The van der Waals surface area contributed by atoms with Crippen molar-refractivity contribution in [3.63, 3.8) is 0 Å². The van der Waals surface area contributed by atoms with E-state index in [0.29, 0.717) is 19.7 Å². The van der Waals surface area contributed by atoms with Crippen LogP contribution in [0.15, 0.2) is 42.5 Å². The summed E-state index contributed by atoms with van der Waals surface area (Å²) in [6.45, 7) is -1.41. The molecule has 0 aliphatic carbocycles. The van der Waals surface area contributed by atoms with Crippen LogP contribution in [0.2, 0.25) is 0 Å². The van der Waals surface area contributed by atoms with Crippen molar-refractivity contribution in [1.82, 2.24) is 5.32 Å². The second-order valence-electron chi connectivity index (χ2n) is 5.49. The number of benzene rings is 2. The van der Waals surface area contributed by atoms with Crippen LogP contribution in [-0.4, -0.2) is 33.0 Å². The summed E-state index contributed by atoms with van der Waals surface area (Å²) in [4.78, 5) is 0. The Bertz CT molecular complexity index is 711. The van der Waals surface area contributed by atoms with Crippen LogP contribution in [-0.2, 0) is 6.54 Å². The Hall–Kier alpha value is -2.54. The highest BCUT2D eigenvalue weighted by Crippen LogP contribution is 2.31. The standard InChI is InChI=1S/C18H19F2NO4/c1-22-14-7-6-12(8-17(14)25-18(19)20)9-21-10-13-11-23-15-4-2-3-5-16(15)24-13/h2-8,13,18,21H,9-11H2,1H3. The maximum Gasteiger partial charge on any atom is 0.387 e. The average Bonchev–Trinajstić information content (AvgIpc) is 2.61. The van der Waals surface area contributed by atoms with Crippen molar-refractivity contribution in [3.05, 3.63) is 48.0 Å². The minimum atomic E-state index is -2.90. The van der Waals surface area contributed by atoms with Crippen molar-refractivity contribution in [2.75, 3.05) is 20.3 Å². The first-order valence-corrected chi connectivity index (χ1v) is 7.86. The number of para-hydroxylation sites is 2. The van der Waals surface area contributed by atoms with Gasteiger partial charge in [0, 0.05) is 13.1 Å². The summed E-state index contributed by atoms with van der Waals surface area (Å²) in [5.41, 5.74) is 0.800. The molecule has 134 valence electrons. The quantitative estimate of drug-likeness (QED) is 0.830. The lowest BCUT2D eigenvalue weighted by Crippen LogP contribution is -2.38. The van der Waals surface area contributed by atoms with Crippen LogP contribution in [0.3, 0.4) is 0 Å². The summed E-state index contributed by atoms with van der Waals surface area (Å²) in [7, 11) is 1.41. The fraction of sp³-hybridized carbons (Fsp3) is 0.333. The van der Waals surface area contributed by atoms with E-state index >= 15 is 0 Å². The van der Waals surface area contributed by atoms with Gasteiger partial charge in [0.25, 0.3) is 0 Å². The molecule has 0 aromatic heterocycles. The Morgan fingerprint density at radius 1 is 1.16 bits per heavy atom. The van der Waals surface area contributed by atoms with Crippen LogP contribution in [0.4, 0.5) is 8.78 Å². The van der Waals surface area contributed by atoms with Crippen molar-refractivity contribution in [2.45, 2.75) is 19.3 Å². The van der Waals surface area contributed by atoms with Crippen LogP contribution in [0.5, 0.6) is 23.0 Å². The van der Waals surface area contributed by atoms with Crippen molar-refractivity contribution >= 4 is 0 Å². The van der Waals surface area contributed by atoms with Crippen molar-refractivity contribution in [2.24, 2.45) is 0 Å². The molecule has 1 aliphatic rings. The van der Waals surface area contributed by atoms with Crippen molar-refractivity contribution in [1.29, 1.82) is 0 Å². The van der Waals surface area contributed by atoms with Gasteiger partial charge in [-0.2, -0.15) is 8.78 Å². The van der Waals surface area contributed by atoms with Gasteiger partial charge < -0.3 is 24.3 Å². The largest absolute Gasteiger partial charge is 0.493 e. The van der Waals surface area contributed by atoms with Crippen LogP contribution in [0, 0.1) is 0 Å². The van der Waals surface area contributed by atoms with E-state index in [2.05, 4.69) is 10.1 Å². The lowest BCUT2D eigenvalue weighted by molar-refractivity contribution is -0.0512. The fourth-order valence-corrected chi connectivity index (χ4v) is 2.56. The molecular weight excluding hydrogens is 332 g/mol. The van der Waals surface area contributed by atoms with E-state index in [1.165, 1.54) is 13.2 Å². The highest BCUT2D eigenvalue weighted by molar-refractivity contribution is 5.43. The Morgan fingerprint density at radius 2 is 1.96 bits per heavy atom. The van der Waals surface area contributed by atoms with Crippen molar-refractivity contribution in [3.8, 4) is 23.0 Å². The van der Waals surface area contributed by atoms with Gasteiger partial charge in [-0.25, -0.2) is 0 Å². The van der Waals surface area contributed by atoms with E-state index in [9.17, 15) is 8.78 Å². The molecule has 0 bridgehead atoms. The van der Waals surface area contributed by atoms with E-state index in [1.54, 1.807) is 12.1 Å². The lowest BCUT2D eigenvalue weighted by atomic mass is 10.2. The van der Waals surface area contributed by atoms with Gasteiger partial charge in [0.1, 0.15) is 12.7 Å². The van der Waals surface area contributed by atoms with E-state index in [4.69, 9.17) is 14.2 Å². The van der Waals surface area contributed by atoms with Crippen LogP contribution in [0.25, 0.3) is 0 Å². The summed E-state index contributed by atoms with van der Waals surface area (Å²) in [6.07, 6.45) is -0.120. The maximum atomic E-state index is 12.5. The molecule has 25 heavy (non-hydrogen) atoms. The smallest absolute Gasteiger partial charge is 0.387 e. The van der Waals surface area contributed by atoms with Gasteiger partial charge in [-0.3, -0.25) is 0 Å². The number of nitrogens with one attached hydrogen (secondary N) is 1. The van der Waals surface area contributed by atoms with Gasteiger partial charge in [0.2, 0.25) is 0 Å². The Balaban J connectivity index is 1.54. The fourth-order valence-electron chi connectivity index (χ4n) is 2.56. The van der Waals surface area contributed by atoms with E-state index in [1.807, 2.05) is 24.3 Å². The molecule has 2 aromatic rings. The number of methoxy groups -OCH3 is 1. The second kappa shape index (κ2) is 8.02. The molecule has 0 amide bonds. The van der Waals surface area contributed by atoms with Gasteiger partial charge in [0.05, 0.1) is 7.11 Å². The zero-order valence-electron chi connectivity index (χ0n) is 13.7. The molecule has 1 atom stereocenters. The molecule has 0 fully saturated rings. The predicted octanol–water partition coefficient (Wildman–Crippen LogP) is 3.23. The molecule has 5 nitrogen and oxygen atoms in total. The Kier molecular flexibility index (Phi) is 5.55. The molecule has 0 saturated carbocycles. The molecule has 1 N–H and O–H groups in total. The highest BCUT2D eigenvalue weighted by Gasteiger charge is 2.20. The van der Waals surface area contributed by atoms with E-state index in [-0.39, 0.29) is 17.6 Å². The van der Waals surface area contributed by atoms with Gasteiger partial charge in [-0.05, 0) is 29.8 Å². The summed E-state index contributed by atoms with van der Waals surface area (Å²) in [5.74, 6) is 1.74. The number of ether oxygens (including phenoxy) is 4. The molecule has 1 heterocycles. The zero-order chi connectivity index (χ0) is 17.6. The third-order valence-electron chi connectivity index (χ3n) is 3.71. The third-order valence-corrected chi connectivity index (χ3v) is 3.71. The van der Waals surface area contributed by atoms with Crippen molar-refractivity contribution < 1.29 is 27.7 Å². The first kappa shape index (κ1) is 17.3. The van der Waals surface area contributed by atoms with E-state index in [0.717, 1.165) is 17.1 Å². The lowest BCUT2D eigenvalue weighted by Gasteiger charge is -2.26. The number of fused-ring (bicyclic) bond motifs is 1. The van der Waals surface area contributed by atoms with Gasteiger partial charge in [0.15, 0.2) is 23.0 Å². The maximum absolute atomic E-state index is 12.5. The van der Waals surface area contributed by atoms with Gasteiger partial charge >= 0.3 is 6.61 Å². The first-order chi connectivity index (χ1) is 12.2. The summed E-state index contributed by atoms with van der Waals surface area (Å²) in [5, 5.41) is 3.23. The van der Waals surface area contributed by atoms with Crippen LogP contribution in [0.1, 0.15) is 5.56 Å². The minimum absolute atomic E-state index is 0.0166. The predicted molar refractivity (Wildman–Crippen MR) is 87.7 cm³/mol. The molecule has 1 unspecified atom stereocenters. The number of rotatable bonds is 7. The molecular formula is C18H19F2NO4. The molecule has 2 aromatic carbocycles. The second-order valence-corrected chi connectivity index (χ2v) is 5.49. The molecule has 0 spiro atoms. The Morgan fingerprint density at radius 3 is 2.72 bits per heavy atom. The van der Waals surface area contributed by atoms with Crippen LogP contribution >= 0.6 is 0 Å². The summed E-state index contributed by atoms with van der Waals surface area (Å²) < 4.78 is 45.9. The summed E-state index contributed by atoms with van der Waals surface area (Å²) >= 11 is 0. The van der Waals surface area contributed by atoms with E-state index < -0.39 is 6.61 Å². The topological polar surface area (TPSA) is 49.0 Å². The van der Waals surface area contributed by atoms with Gasteiger partial charge in [-0.15, -0.1) is 0 Å². The highest BCUT2D eigenvalue weighted by atomic mass is 19.3. The van der Waals surface area contributed by atoms with Gasteiger partial charge in [-0.1, -0.05) is 18.2 Å². The molecule has 1 aliphatic heterocycles. The SMILES string of the molecule is COc1ccc(CNCC2COc3ccccc3O2)cc1OC(F)F. The number of hydrogen-bond acceptors (Lipinski definition) is 5. The molecule has 0 saturated heterocycles.